The topological polar surface area (TPSA) is 63.3 Å². The molecule has 0 heterocycles. The first-order chi connectivity index (χ1) is 8.49. The molecule has 0 saturated heterocycles. The summed E-state index contributed by atoms with van der Waals surface area (Å²) in [6.45, 7) is 1.97. The molecule has 0 bridgehead atoms. The third-order valence-electron chi connectivity index (χ3n) is 3.97. The van der Waals surface area contributed by atoms with E-state index in [1.165, 1.54) is 12.1 Å². The standard InChI is InChI=1S/C14H18FNO2/c1-9-2-5-12(15)6-10(9)7-14(8-16,13(17)18)11-3-4-11/h2,5-6,11H,3-4,7-8,16H2,1H3,(H,17,18). The molecular weight excluding hydrogens is 233 g/mol. The van der Waals surface area contributed by atoms with E-state index in [0.717, 1.165) is 24.0 Å². The number of nitrogens with two attached hydrogens (primary N) is 1. The second-order valence-electron chi connectivity index (χ2n) is 5.19. The molecule has 98 valence electrons. The minimum Gasteiger partial charge on any atom is -0.481 e. The van der Waals surface area contributed by atoms with Crippen molar-refractivity contribution in [1.82, 2.24) is 0 Å². The fraction of sp³-hybridized carbons (Fsp3) is 0.500. The van der Waals surface area contributed by atoms with Gasteiger partial charge in [-0.2, -0.15) is 0 Å². The van der Waals surface area contributed by atoms with Crippen LogP contribution in [-0.2, 0) is 11.2 Å². The van der Waals surface area contributed by atoms with Crippen molar-refractivity contribution in [3.05, 3.63) is 35.1 Å². The Balaban J connectivity index is 2.34. The number of carboxylic acids is 1. The van der Waals surface area contributed by atoms with Gasteiger partial charge in [0, 0.05) is 6.54 Å². The van der Waals surface area contributed by atoms with E-state index in [0.29, 0.717) is 6.42 Å². The van der Waals surface area contributed by atoms with Crippen LogP contribution in [0, 0.1) is 24.1 Å². The van der Waals surface area contributed by atoms with Gasteiger partial charge >= 0.3 is 5.97 Å². The number of aryl methyl sites for hydroxylation is 1. The van der Waals surface area contributed by atoms with Crippen LogP contribution in [-0.4, -0.2) is 17.6 Å². The Morgan fingerprint density at radius 1 is 1.56 bits per heavy atom. The van der Waals surface area contributed by atoms with Gasteiger partial charge in [-0.15, -0.1) is 0 Å². The van der Waals surface area contributed by atoms with E-state index in [1.807, 2.05) is 6.92 Å². The molecule has 3 N–H and O–H groups in total. The van der Waals surface area contributed by atoms with Gasteiger partial charge in [0.25, 0.3) is 0 Å². The van der Waals surface area contributed by atoms with Crippen LogP contribution in [0.15, 0.2) is 18.2 Å². The van der Waals surface area contributed by atoms with Gasteiger partial charge in [-0.1, -0.05) is 6.07 Å². The highest BCUT2D eigenvalue weighted by molar-refractivity contribution is 5.76. The summed E-state index contributed by atoms with van der Waals surface area (Å²) in [5.74, 6) is -1.07. The predicted molar refractivity (Wildman–Crippen MR) is 66.7 cm³/mol. The quantitative estimate of drug-likeness (QED) is 0.842. The van der Waals surface area contributed by atoms with Crippen molar-refractivity contribution >= 4 is 5.97 Å². The molecule has 1 atom stereocenters. The van der Waals surface area contributed by atoms with Gasteiger partial charge in [-0.3, -0.25) is 4.79 Å². The lowest BCUT2D eigenvalue weighted by Gasteiger charge is -2.28. The molecule has 4 heteroatoms. The number of halogens is 1. The molecule has 0 amide bonds. The molecule has 1 unspecified atom stereocenters. The molecule has 1 fully saturated rings. The Labute approximate surface area is 106 Å². The summed E-state index contributed by atoms with van der Waals surface area (Å²) in [7, 11) is 0. The first kappa shape index (κ1) is 13.0. The second kappa shape index (κ2) is 4.69. The maximum Gasteiger partial charge on any atom is 0.311 e. The first-order valence-electron chi connectivity index (χ1n) is 6.18. The average Bonchev–Trinajstić information content (AvgIpc) is 3.14. The fourth-order valence-electron chi connectivity index (χ4n) is 2.53. The van der Waals surface area contributed by atoms with E-state index >= 15 is 0 Å². The smallest absolute Gasteiger partial charge is 0.311 e. The van der Waals surface area contributed by atoms with E-state index in [2.05, 4.69) is 0 Å². The lowest BCUT2D eigenvalue weighted by molar-refractivity contribution is -0.149. The lowest BCUT2D eigenvalue weighted by Crippen LogP contribution is -2.42. The first-order valence-corrected chi connectivity index (χ1v) is 6.18. The van der Waals surface area contributed by atoms with E-state index < -0.39 is 11.4 Å². The lowest BCUT2D eigenvalue weighted by atomic mass is 9.76. The monoisotopic (exact) mass is 251 g/mol. The highest BCUT2D eigenvalue weighted by Gasteiger charge is 2.50. The number of carbonyl (C=O) groups is 1. The fourth-order valence-corrected chi connectivity index (χ4v) is 2.53. The number of rotatable bonds is 5. The molecule has 2 rings (SSSR count). The molecule has 0 aromatic heterocycles. The van der Waals surface area contributed by atoms with Crippen molar-refractivity contribution in [2.75, 3.05) is 6.54 Å². The molecule has 0 radical (unpaired) electrons. The molecule has 1 saturated carbocycles. The zero-order valence-corrected chi connectivity index (χ0v) is 10.4. The maximum absolute atomic E-state index is 13.3. The van der Waals surface area contributed by atoms with Crippen LogP contribution in [0.4, 0.5) is 4.39 Å². The van der Waals surface area contributed by atoms with Gasteiger partial charge in [0.1, 0.15) is 5.82 Å². The Kier molecular flexibility index (Phi) is 3.39. The van der Waals surface area contributed by atoms with Crippen LogP contribution in [0.5, 0.6) is 0 Å². The summed E-state index contributed by atoms with van der Waals surface area (Å²) in [5.41, 5.74) is 6.44. The summed E-state index contributed by atoms with van der Waals surface area (Å²) in [6.07, 6.45) is 2.11. The van der Waals surface area contributed by atoms with E-state index in [9.17, 15) is 14.3 Å². The van der Waals surface area contributed by atoms with Crippen molar-refractivity contribution in [3.63, 3.8) is 0 Å². The van der Waals surface area contributed by atoms with Crippen LogP contribution in [0.1, 0.15) is 24.0 Å². The zero-order valence-electron chi connectivity index (χ0n) is 10.4. The largest absolute Gasteiger partial charge is 0.481 e. The molecule has 1 aromatic carbocycles. The summed E-state index contributed by atoms with van der Waals surface area (Å²) < 4.78 is 13.3. The zero-order chi connectivity index (χ0) is 13.3. The van der Waals surface area contributed by atoms with Crippen molar-refractivity contribution in [2.45, 2.75) is 26.2 Å². The summed E-state index contributed by atoms with van der Waals surface area (Å²) in [6, 6.07) is 4.49. The van der Waals surface area contributed by atoms with Crippen molar-refractivity contribution < 1.29 is 14.3 Å². The molecule has 0 spiro atoms. The van der Waals surface area contributed by atoms with Crippen molar-refractivity contribution in [2.24, 2.45) is 17.1 Å². The van der Waals surface area contributed by atoms with Crippen LogP contribution < -0.4 is 5.73 Å². The minimum absolute atomic E-state index is 0.100. The van der Waals surface area contributed by atoms with Crippen LogP contribution in [0.25, 0.3) is 0 Å². The number of benzene rings is 1. The highest BCUT2D eigenvalue weighted by atomic mass is 19.1. The number of hydrogen-bond donors (Lipinski definition) is 2. The average molecular weight is 251 g/mol. The van der Waals surface area contributed by atoms with Gasteiger partial charge in [0.05, 0.1) is 5.41 Å². The third kappa shape index (κ3) is 2.25. The van der Waals surface area contributed by atoms with Gasteiger partial charge in [0.15, 0.2) is 0 Å². The Morgan fingerprint density at radius 3 is 2.72 bits per heavy atom. The van der Waals surface area contributed by atoms with E-state index in [-0.39, 0.29) is 18.3 Å². The van der Waals surface area contributed by atoms with Crippen molar-refractivity contribution in [3.8, 4) is 0 Å². The molecule has 3 nitrogen and oxygen atoms in total. The minimum atomic E-state index is -0.932. The summed E-state index contributed by atoms with van der Waals surface area (Å²) in [5, 5.41) is 9.48. The van der Waals surface area contributed by atoms with Gasteiger partial charge in [-0.25, -0.2) is 4.39 Å². The normalized spacial score (nSPS) is 18.4. The van der Waals surface area contributed by atoms with Crippen LogP contribution in [0.2, 0.25) is 0 Å². The third-order valence-corrected chi connectivity index (χ3v) is 3.97. The Hall–Kier alpha value is -1.42. The Morgan fingerprint density at radius 2 is 2.22 bits per heavy atom. The SMILES string of the molecule is Cc1ccc(F)cc1CC(CN)(C(=O)O)C1CC1. The summed E-state index contributed by atoms with van der Waals surface area (Å²) in [4.78, 5) is 11.6. The molecule has 0 aliphatic heterocycles. The Bertz CT molecular complexity index is 471. The molecule has 1 aliphatic rings. The predicted octanol–water partition coefficient (Wildman–Crippen LogP) is 2.12. The van der Waals surface area contributed by atoms with Gasteiger partial charge in [0.2, 0.25) is 0 Å². The van der Waals surface area contributed by atoms with Crippen molar-refractivity contribution in [1.29, 1.82) is 0 Å². The number of carboxylic acid groups (broad SMARTS) is 1. The maximum atomic E-state index is 13.3. The molecule has 1 aromatic rings. The highest BCUT2D eigenvalue weighted by Crippen LogP contribution is 2.47. The van der Waals surface area contributed by atoms with Gasteiger partial charge in [-0.05, 0) is 55.4 Å². The molecular formula is C14H18FNO2. The number of hydrogen-bond acceptors (Lipinski definition) is 2. The second-order valence-corrected chi connectivity index (χ2v) is 5.19. The van der Waals surface area contributed by atoms with Gasteiger partial charge < -0.3 is 10.8 Å². The van der Waals surface area contributed by atoms with E-state index in [1.54, 1.807) is 6.07 Å². The molecule has 18 heavy (non-hydrogen) atoms. The van der Waals surface area contributed by atoms with E-state index in [4.69, 9.17) is 5.73 Å². The van der Waals surface area contributed by atoms with Crippen LogP contribution >= 0.6 is 0 Å². The molecule has 1 aliphatic carbocycles. The summed E-state index contributed by atoms with van der Waals surface area (Å²) >= 11 is 0. The van der Waals surface area contributed by atoms with Crippen LogP contribution in [0.3, 0.4) is 0 Å². The number of aliphatic carboxylic acids is 1.